The van der Waals surface area contributed by atoms with Gasteiger partial charge in [-0.1, -0.05) is 59.7 Å². The molecule has 2 aromatic rings. The summed E-state index contributed by atoms with van der Waals surface area (Å²) in [5.74, 6) is 0. The van der Waals surface area contributed by atoms with Gasteiger partial charge in [0.25, 0.3) is 0 Å². The summed E-state index contributed by atoms with van der Waals surface area (Å²) >= 11 is 6.64. The number of benzene rings is 2. The van der Waals surface area contributed by atoms with Gasteiger partial charge in [-0.3, -0.25) is 0 Å². The number of hydrogen-bond acceptors (Lipinski definition) is 0. The summed E-state index contributed by atoms with van der Waals surface area (Å²) in [5, 5.41) is 1.38. The van der Waals surface area contributed by atoms with E-state index in [4.69, 9.17) is 11.1 Å². The molecule has 0 aliphatic carbocycles. The first-order chi connectivity index (χ1) is 8.16. The van der Waals surface area contributed by atoms with Crippen molar-refractivity contribution in [2.45, 2.75) is 19.9 Å². The Morgan fingerprint density at radius 1 is 1.00 bits per heavy atom. The second-order valence-electron chi connectivity index (χ2n) is 4.52. The Hall–Kier alpha value is -1.05. The molecule has 0 amide bonds. The van der Waals surface area contributed by atoms with Gasteiger partial charge in [-0.05, 0) is 30.6 Å². The van der Waals surface area contributed by atoms with Gasteiger partial charge in [-0.2, -0.15) is 11.1 Å². The van der Waals surface area contributed by atoms with E-state index in [0.717, 1.165) is 6.04 Å². The zero-order valence-electron chi connectivity index (χ0n) is 10.3. The van der Waals surface area contributed by atoms with E-state index in [2.05, 4.69) is 56.3 Å². The highest BCUT2D eigenvalue weighted by Crippen LogP contribution is 2.09. The largest absolute Gasteiger partial charge is 0.176 e. The van der Waals surface area contributed by atoms with Crippen LogP contribution in [0.25, 0.3) is 0 Å². The fourth-order valence-corrected chi connectivity index (χ4v) is 5.17. The van der Waals surface area contributed by atoms with Crippen LogP contribution in [0, 0.1) is 13.8 Å². The molecule has 1 unspecified atom stereocenters. The van der Waals surface area contributed by atoms with Crippen molar-refractivity contribution >= 4 is 24.4 Å². The molecule has 88 valence electrons. The van der Waals surface area contributed by atoms with Crippen molar-refractivity contribution in [3.05, 3.63) is 65.2 Å². The highest BCUT2D eigenvalue weighted by Gasteiger charge is 2.13. The van der Waals surface area contributed by atoms with Crippen LogP contribution < -0.4 is 5.19 Å². The molecular weight excluding hydrogens is 244 g/mol. The first-order valence-electron chi connectivity index (χ1n) is 5.92. The lowest BCUT2D eigenvalue weighted by Gasteiger charge is -2.12. The maximum absolute atomic E-state index is 6.64. The first-order valence-corrected chi connectivity index (χ1v) is 9.06. The van der Waals surface area contributed by atoms with Gasteiger partial charge in [-0.15, -0.1) is 0 Å². The second kappa shape index (κ2) is 5.52. The number of rotatable bonds is 3. The molecule has 0 fully saturated rings. The van der Waals surface area contributed by atoms with Crippen LogP contribution in [0.4, 0.5) is 0 Å². The highest BCUT2D eigenvalue weighted by molar-refractivity contribution is 7.14. The van der Waals surface area contributed by atoms with Crippen LogP contribution in [0.1, 0.15) is 16.7 Å². The topological polar surface area (TPSA) is 0 Å². The average Bonchev–Trinajstić information content (AvgIpc) is 2.30. The standard InChI is InChI=1S/C15H17ClSi/c1-12-8-9-15(13(2)10-12)17(16)11-14-6-4-3-5-7-14/h3-10,17H,11H2,1-2H3. The van der Waals surface area contributed by atoms with Crippen LogP contribution >= 0.6 is 11.1 Å². The molecule has 0 nitrogen and oxygen atoms in total. The molecule has 0 bridgehead atoms. The summed E-state index contributed by atoms with van der Waals surface area (Å²) in [5.41, 5.74) is 4.00. The van der Waals surface area contributed by atoms with Gasteiger partial charge in [-0.25, -0.2) is 0 Å². The third kappa shape index (κ3) is 3.21. The molecular formula is C15H17ClSi. The Labute approximate surface area is 110 Å². The third-order valence-electron chi connectivity index (χ3n) is 3.02. The molecule has 0 spiro atoms. The van der Waals surface area contributed by atoms with Crippen LogP contribution in [0.3, 0.4) is 0 Å². The minimum Gasteiger partial charge on any atom is -0.165 e. The Balaban J connectivity index is 2.17. The van der Waals surface area contributed by atoms with Crippen molar-refractivity contribution in [3.63, 3.8) is 0 Å². The predicted octanol–water partition coefficient (Wildman–Crippen LogP) is 3.25. The van der Waals surface area contributed by atoms with Crippen molar-refractivity contribution in [3.8, 4) is 0 Å². The molecule has 0 aliphatic heterocycles. The molecule has 0 saturated carbocycles. The second-order valence-corrected chi connectivity index (χ2v) is 8.06. The molecule has 0 aliphatic rings. The van der Waals surface area contributed by atoms with Crippen molar-refractivity contribution in [2.75, 3.05) is 0 Å². The van der Waals surface area contributed by atoms with Gasteiger partial charge in [0.1, 0.15) is 0 Å². The summed E-state index contributed by atoms with van der Waals surface area (Å²) in [6.45, 7) is 4.29. The summed E-state index contributed by atoms with van der Waals surface area (Å²) in [6.07, 6.45) is 0. The van der Waals surface area contributed by atoms with E-state index in [9.17, 15) is 0 Å². The predicted molar refractivity (Wildman–Crippen MR) is 78.7 cm³/mol. The van der Waals surface area contributed by atoms with E-state index in [1.165, 1.54) is 21.9 Å². The van der Waals surface area contributed by atoms with Crippen molar-refractivity contribution in [2.24, 2.45) is 0 Å². The fourth-order valence-electron chi connectivity index (χ4n) is 2.11. The van der Waals surface area contributed by atoms with Gasteiger partial charge in [0.05, 0.1) is 0 Å². The minimum atomic E-state index is -1.37. The molecule has 2 heteroatoms. The fraction of sp³-hybridized carbons (Fsp3) is 0.200. The number of hydrogen-bond donors (Lipinski definition) is 0. The monoisotopic (exact) mass is 260 g/mol. The molecule has 0 heterocycles. The molecule has 0 aromatic heterocycles. The first kappa shape index (κ1) is 12.4. The maximum Gasteiger partial charge on any atom is 0.176 e. The third-order valence-corrected chi connectivity index (χ3v) is 6.34. The lowest BCUT2D eigenvalue weighted by Crippen LogP contribution is -2.29. The quantitative estimate of drug-likeness (QED) is 0.587. The molecule has 0 saturated heterocycles. The highest BCUT2D eigenvalue weighted by atomic mass is 35.6. The Bertz CT molecular complexity index is 494. The Kier molecular flexibility index (Phi) is 4.03. The molecule has 1 atom stereocenters. The van der Waals surface area contributed by atoms with E-state index in [-0.39, 0.29) is 0 Å². The number of halogens is 1. The van der Waals surface area contributed by atoms with Gasteiger partial charge >= 0.3 is 0 Å². The zero-order valence-corrected chi connectivity index (χ0v) is 12.2. The van der Waals surface area contributed by atoms with E-state index >= 15 is 0 Å². The van der Waals surface area contributed by atoms with E-state index in [1.54, 1.807) is 0 Å². The smallest absolute Gasteiger partial charge is 0.165 e. The number of aryl methyl sites for hydroxylation is 2. The van der Waals surface area contributed by atoms with Gasteiger partial charge in [0.15, 0.2) is 8.11 Å². The van der Waals surface area contributed by atoms with Crippen molar-refractivity contribution in [1.29, 1.82) is 0 Å². The Morgan fingerprint density at radius 3 is 2.35 bits per heavy atom. The van der Waals surface area contributed by atoms with Gasteiger partial charge in [0, 0.05) is 0 Å². The molecule has 17 heavy (non-hydrogen) atoms. The van der Waals surface area contributed by atoms with E-state index in [0.29, 0.717) is 0 Å². The van der Waals surface area contributed by atoms with Crippen LogP contribution in [0.5, 0.6) is 0 Å². The molecule has 2 rings (SSSR count). The summed E-state index contributed by atoms with van der Waals surface area (Å²) in [4.78, 5) is 0. The SMILES string of the molecule is Cc1ccc([SiH](Cl)Cc2ccccc2)c(C)c1. The van der Waals surface area contributed by atoms with Crippen molar-refractivity contribution < 1.29 is 0 Å². The van der Waals surface area contributed by atoms with Crippen molar-refractivity contribution in [1.82, 2.24) is 0 Å². The van der Waals surface area contributed by atoms with Crippen LogP contribution in [0.15, 0.2) is 48.5 Å². The lowest BCUT2D eigenvalue weighted by atomic mass is 10.2. The lowest BCUT2D eigenvalue weighted by molar-refractivity contribution is 1.36. The van der Waals surface area contributed by atoms with Gasteiger partial charge in [0.2, 0.25) is 0 Å². The maximum atomic E-state index is 6.64. The van der Waals surface area contributed by atoms with E-state index < -0.39 is 8.11 Å². The van der Waals surface area contributed by atoms with Crippen LogP contribution in [-0.4, -0.2) is 8.11 Å². The molecule has 0 radical (unpaired) electrons. The minimum absolute atomic E-state index is 1.02. The summed E-state index contributed by atoms with van der Waals surface area (Å²) in [6, 6.07) is 18.1. The Morgan fingerprint density at radius 2 is 1.71 bits per heavy atom. The zero-order chi connectivity index (χ0) is 12.3. The summed E-state index contributed by atoms with van der Waals surface area (Å²) in [7, 11) is -1.37. The summed E-state index contributed by atoms with van der Waals surface area (Å²) < 4.78 is 0. The average molecular weight is 261 g/mol. The van der Waals surface area contributed by atoms with Crippen LogP contribution in [0.2, 0.25) is 0 Å². The van der Waals surface area contributed by atoms with E-state index in [1.807, 2.05) is 6.07 Å². The molecule has 0 N–H and O–H groups in total. The molecule has 2 aromatic carbocycles. The van der Waals surface area contributed by atoms with Gasteiger partial charge < -0.3 is 0 Å². The normalized spacial score (nSPS) is 12.4. The van der Waals surface area contributed by atoms with Crippen LogP contribution in [-0.2, 0) is 6.04 Å².